The van der Waals surface area contributed by atoms with Crippen LogP contribution in [0.1, 0.15) is 32.1 Å². The molecule has 0 aliphatic heterocycles. The van der Waals surface area contributed by atoms with Crippen LogP contribution in [0, 0.1) is 3.95 Å². The van der Waals surface area contributed by atoms with Crippen molar-refractivity contribution in [2.24, 2.45) is 0 Å². The van der Waals surface area contributed by atoms with E-state index in [2.05, 4.69) is 40.6 Å². The van der Waals surface area contributed by atoms with Crippen molar-refractivity contribution in [3.63, 3.8) is 0 Å². The number of hydrogen-bond donors (Lipinski definition) is 0. The van der Waals surface area contributed by atoms with E-state index in [1.54, 1.807) is 11.3 Å². The maximum absolute atomic E-state index is 5.49. The molecule has 0 bridgehead atoms. The predicted molar refractivity (Wildman–Crippen MR) is 85.1 cm³/mol. The second-order valence-corrected chi connectivity index (χ2v) is 7.75. The first-order valence-corrected chi connectivity index (χ1v) is 8.82. The van der Waals surface area contributed by atoms with E-state index in [9.17, 15) is 0 Å². The van der Waals surface area contributed by atoms with Crippen LogP contribution in [0.25, 0.3) is 10.2 Å². The van der Waals surface area contributed by atoms with Crippen LogP contribution in [0.4, 0.5) is 0 Å². The van der Waals surface area contributed by atoms with E-state index < -0.39 is 0 Å². The molecule has 4 heteroatoms. The lowest BCUT2D eigenvalue weighted by Gasteiger charge is -2.21. The maximum atomic E-state index is 5.49. The summed E-state index contributed by atoms with van der Waals surface area (Å²) in [6, 6.07) is 8.54. The first-order valence-electron chi connectivity index (χ1n) is 6.54. The molecule has 1 nitrogen and oxygen atoms in total. The van der Waals surface area contributed by atoms with Crippen molar-refractivity contribution in [1.82, 2.24) is 4.57 Å². The summed E-state index contributed by atoms with van der Waals surface area (Å²) in [6.07, 6.45) is 7.03. The topological polar surface area (TPSA) is 4.93 Å². The largest absolute Gasteiger partial charge is 0.313 e. The maximum Gasteiger partial charge on any atom is 0.162 e. The second-order valence-electron chi connectivity index (χ2n) is 4.82. The van der Waals surface area contributed by atoms with Gasteiger partial charge in [0.05, 0.1) is 16.1 Å². The normalized spacial score (nSPS) is 17.3. The monoisotopic (exact) mass is 295 g/mol. The van der Waals surface area contributed by atoms with Crippen LogP contribution in [0.2, 0.25) is 0 Å². The number of hydrogen-bond acceptors (Lipinski definition) is 3. The molecule has 0 atom stereocenters. The molecule has 1 aliphatic carbocycles. The molecular formula is C14H17NS3. The highest BCUT2D eigenvalue weighted by Crippen LogP contribution is 2.31. The zero-order valence-corrected chi connectivity index (χ0v) is 12.8. The highest BCUT2D eigenvalue weighted by molar-refractivity contribution is 7.99. The Bertz CT molecular complexity index is 578. The summed E-state index contributed by atoms with van der Waals surface area (Å²) >= 11 is 9.30. The van der Waals surface area contributed by atoms with E-state index in [0.717, 1.165) is 15.1 Å². The van der Waals surface area contributed by atoms with Gasteiger partial charge in [0.1, 0.15) is 0 Å². The van der Waals surface area contributed by atoms with Gasteiger partial charge < -0.3 is 4.57 Å². The number of benzene rings is 1. The highest BCUT2D eigenvalue weighted by Gasteiger charge is 2.14. The Balaban J connectivity index is 1.77. The highest BCUT2D eigenvalue weighted by atomic mass is 32.2. The van der Waals surface area contributed by atoms with Crippen LogP contribution >= 0.6 is 35.3 Å². The third-order valence-corrected chi connectivity index (χ3v) is 6.35. The van der Waals surface area contributed by atoms with Crippen LogP contribution in [0.5, 0.6) is 0 Å². The molecule has 1 aromatic carbocycles. The second kappa shape index (κ2) is 5.76. The lowest BCUT2D eigenvalue weighted by atomic mass is 10.0. The van der Waals surface area contributed by atoms with Gasteiger partial charge in [0.25, 0.3) is 0 Å². The smallest absolute Gasteiger partial charge is 0.162 e. The van der Waals surface area contributed by atoms with Gasteiger partial charge in [-0.2, -0.15) is 0 Å². The van der Waals surface area contributed by atoms with Crippen LogP contribution in [0.15, 0.2) is 24.3 Å². The Hall–Kier alpha value is -0.320. The molecule has 1 aromatic heterocycles. The molecular weight excluding hydrogens is 278 g/mol. The summed E-state index contributed by atoms with van der Waals surface area (Å²) in [5.41, 5.74) is 1.30. The molecule has 0 unspecified atom stereocenters. The van der Waals surface area contributed by atoms with Gasteiger partial charge in [-0.3, -0.25) is 0 Å². The van der Waals surface area contributed by atoms with Crippen molar-refractivity contribution in [3.8, 4) is 0 Å². The number of thioether (sulfide) groups is 1. The minimum atomic E-state index is 0.847. The number of rotatable bonds is 3. The Morgan fingerprint density at radius 1 is 1.22 bits per heavy atom. The summed E-state index contributed by atoms with van der Waals surface area (Å²) in [4.78, 5) is 0. The fourth-order valence-electron chi connectivity index (χ4n) is 2.55. The van der Waals surface area contributed by atoms with E-state index >= 15 is 0 Å². The van der Waals surface area contributed by atoms with Crippen molar-refractivity contribution in [3.05, 3.63) is 28.2 Å². The molecule has 0 saturated heterocycles. The standard InChI is InChI=1S/C14H17NS3/c16-14-15(10-17-11-6-2-1-3-7-11)12-8-4-5-9-13(12)18-14/h4-5,8-9,11H,1-3,6-7,10H2. The summed E-state index contributed by atoms with van der Waals surface area (Å²) in [5.74, 6) is 1.02. The molecule has 0 amide bonds. The SMILES string of the molecule is S=c1sc2ccccc2n1CSC1CCCCC1. The number of thiazole rings is 1. The van der Waals surface area contributed by atoms with E-state index in [1.807, 2.05) is 0 Å². The first-order chi connectivity index (χ1) is 8.84. The van der Waals surface area contributed by atoms with Gasteiger partial charge in [-0.1, -0.05) is 31.4 Å². The minimum absolute atomic E-state index is 0.847. The van der Waals surface area contributed by atoms with Gasteiger partial charge in [-0.25, -0.2) is 0 Å². The van der Waals surface area contributed by atoms with Gasteiger partial charge in [0, 0.05) is 5.25 Å². The average Bonchev–Trinajstić information content (AvgIpc) is 2.73. The molecule has 2 aromatic rings. The number of aromatic nitrogens is 1. The first kappa shape index (κ1) is 12.7. The third kappa shape index (κ3) is 2.65. The molecule has 0 N–H and O–H groups in total. The quantitative estimate of drug-likeness (QED) is 0.693. The molecule has 1 fully saturated rings. The third-order valence-electron chi connectivity index (χ3n) is 3.57. The fourth-order valence-corrected chi connectivity index (χ4v) is 5.33. The molecule has 0 radical (unpaired) electrons. The summed E-state index contributed by atoms with van der Waals surface area (Å²) in [6.45, 7) is 0. The fraction of sp³-hybridized carbons (Fsp3) is 0.500. The molecule has 18 heavy (non-hydrogen) atoms. The van der Waals surface area contributed by atoms with Gasteiger partial charge >= 0.3 is 0 Å². The van der Waals surface area contributed by atoms with E-state index in [0.29, 0.717) is 0 Å². The molecule has 1 heterocycles. The number of para-hydroxylation sites is 1. The van der Waals surface area contributed by atoms with Crippen LogP contribution in [-0.4, -0.2) is 9.82 Å². The minimum Gasteiger partial charge on any atom is -0.313 e. The van der Waals surface area contributed by atoms with Crippen LogP contribution < -0.4 is 0 Å². The Labute approximate surface area is 121 Å². The van der Waals surface area contributed by atoms with E-state index in [1.165, 1.54) is 42.3 Å². The van der Waals surface area contributed by atoms with Crippen LogP contribution in [-0.2, 0) is 5.88 Å². The zero-order chi connectivity index (χ0) is 12.4. The summed E-state index contributed by atoms with van der Waals surface area (Å²) < 4.78 is 4.63. The Kier molecular flexibility index (Phi) is 4.07. The van der Waals surface area contributed by atoms with E-state index in [4.69, 9.17) is 12.2 Å². The molecule has 0 spiro atoms. The Morgan fingerprint density at radius 2 is 2.00 bits per heavy atom. The lowest BCUT2D eigenvalue weighted by Crippen LogP contribution is -2.09. The van der Waals surface area contributed by atoms with Gasteiger partial charge in [0.2, 0.25) is 0 Å². The zero-order valence-electron chi connectivity index (χ0n) is 10.3. The van der Waals surface area contributed by atoms with Gasteiger partial charge in [0.15, 0.2) is 3.95 Å². The molecule has 96 valence electrons. The summed E-state index contributed by atoms with van der Waals surface area (Å²) in [7, 11) is 0. The number of nitrogens with zero attached hydrogens (tertiary/aromatic N) is 1. The Morgan fingerprint density at radius 3 is 2.83 bits per heavy atom. The number of fused-ring (bicyclic) bond motifs is 1. The van der Waals surface area contributed by atoms with Gasteiger partial charge in [-0.05, 0) is 37.2 Å². The average molecular weight is 295 g/mol. The van der Waals surface area contributed by atoms with Crippen molar-refractivity contribution >= 4 is 45.5 Å². The van der Waals surface area contributed by atoms with Crippen LogP contribution in [0.3, 0.4) is 0 Å². The van der Waals surface area contributed by atoms with Crippen molar-refractivity contribution in [2.75, 3.05) is 0 Å². The van der Waals surface area contributed by atoms with Crippen molar-refractivity contribution < 1.29 is 0 Å². The predicted octanol–water partition coefficient (Wildman–Crippen LogP) is 5.46. The molecule has 3 rings (SSSR count). The molecule has 1 saturated carbocycles. The van der Waals surface area contributed by atoms with E-state index in [-0.39, 0.29) is 0 Å². The molecule has 1 aliphatic rings. The lowest BCUT2D eigenvalue weighted by molar-refractivity contribution is 0.515. The summed E-state index contributed by atoms with van der Waals surface area (Å²) in [5, 5.41) is 0.847. The van der Waals surface area contributed by atoms with Crippen molar-refractivity contribution in [2.45, 2.75) is 43.2 Å². The van der Waals surface area contributed by atoms with Crippen molar-refractivity contribution in [1.29, 1.82) is 0 Å². The van der Waals surface area contributed by atoms with Gasteiger partial charge in [-0.15, -0.1) is 23.1 Å².